The molecule has 3 rings (SSSR count). The van der Waals surface area contributed by atoms with Crippen LogP contribution in [0.25, 0.3) is 0 Å². The first kappa shape index (κ1) is 15.3. The largest absolute Gasteiger partial charge is 0.454 e. The number of hydrogen-bond acceptors (Lipinski definition) is 4. The molecule has 0 aliphatic rings. The summed E-state index contributed by atoms with van der Waals surface area (Å²) < 4.78 is 5.64. The number of rotatable bonds is 4. The minimum atomic E-state index is -0.243. The molecule has 1 heterocycles. The number of amides is 1. The third-order valence-electron chi connectivity index (χ3n) is 3.16. The van der Waals surface area contributed by atoms with Crippen molar-refractivity contribution in [2.45, 2.75) is 0 Å². The molecule has 5 nitrogen and oxygen atoms in total. The Hall–Kier alpha value is -3.65. The molecule has 0 aliphatic heterocycles. The second kappa shape index (κ2) is 7.07. The van der Waals surface area contributed by atoms with Gasteiger partial charge < -0.3 is 10.1 Å². The number of ether oxygens (including phenoxy) is 1. The molecule has 0 saturated carbocycles. The minimum Gasteiger partial charge on any atom is -0.454 e. The predicted molar refractivity (Wildman–Crippen MR) is 90.9 cm³/mol. The van der Waals surface area contributed by atoms with Crippen molar-refractivity contribution in [2.75, 3.05) is 5.32 Å². The Bertz CT molecular complexity index is 902. The van der Waals surface area contributed by atoms with Gasteiger partial charge in [-0.25, -0.2) is 9.97 Å². The first-order valence-electron chi connectivity index (χ1n) is 7.15. The average Bonchev–Trinajstić information content (AvgIpc) is 2.63. The Labute approximate surface area is 139 Å². The standard InChI is InChI=1S/C19H13N3O2/c1-2-14-5-3-6-15(9-14)19(23)22-16-7-4-8-17(10-16)24-18-11-20-13-21-12-18/h1,3-13H,(H,22,23). The van der Waals surface area contributed by atoms with Crippen LogP contribution in [-0.2, 0) is 0 Å². The number of terminal acetylenes is 1. The number of carbonyl (C=O) groups is 1. The van der Waals surface area contributed by atoms with Crippen molar-refractivity contribution in [1.29, 1.82) is 0 Å². The van der Waals surface area contributed by atoms with E-state index in [9.17, 15) is 4.79 Å². The van der Waals surface area contributed by atoms with Crippen LogP contribution in [0.15, 0.2) is 67.3 Å². The zero-order valence-corrected chi connectivity index (χ0v) is 12.6. The molecule has 5 heteroatoms. The van der Waals surface area contributed by atoms with Gasteiger partial charge in [0.25, 0.3) is 5.91 Å². The van der Waals surface area contributed by atoms with Crippen molar-refractivity contribution in [3.8, 4) is 23.8 Å². The first-order valence-corrected chi connectivity index (χ1v) is 7.15. The fourth-order valence-electron chi connectivity index (χ4n) is 2.07. The normalized spacial score (nSPS) is 9.79. The number of carbonyl (C=O) groups excluding carboxylic acids is 1. The molecule has 0 bridgehead atoms. The molecule has 1 amide bonds. The molecule has 0 spiro atoms. The molecule has 0 fully saturated rings. The summed E-state index contributed by atoms with van der Waals surface area (Å²) in [6.45, 7) is 0. The van der Waals surface area contributed by atoms with E-state index in [0.717, 1.165) is 0 Å². The molecule has 0 unspecified atom stereocenters. The predicted octanol–water partition coefficient (Wildman–Crippen LogP) is 3.50. The molecular formula is C19H13N3O2. The SMILES string of the molecule is C#Cc1cccc(C(=O)Nc2cccc(Oc3cncnc3)c2)c1. The number of aromatic nitrogens is 2. The van der Waals surface area contributed by atoms with Crippen molar-refractivity contribution in [1.82, 2.24) is 9.97 Å². The van der Waals surface area contributed by atoms with E-state index < -0.39 is 0 Å². The van der Waals surface area contributed by atoms with Gasteiger partial charge in [0, 0.05) is 22.9 Å². The van der Waals surface area contributed by atoms with E-state index in [1.807, 2.05) is 0 Å². The van der Waals surface area contributed by atoms with Crippen LogP contribution in [0.3, 0.4) is 0 Å². The van der Waals surface area contributed by atoms with E-state index in [4.69, 9.17) is 11.2 Å². The second-order valence-corrected chi connectivity index (χ2v) is 4.88. The van der Waals surface area contributed by atoms with Gasteiger partial charge in [-0.2, -0.15) is 0 Å². The van der Waals surface area contributed by atoms with Crippen LogP contribution in [0, 0.1) is 12.3 Å². The van der Waals surface area contributed by atoms with Crippen LogP contribution in [0.1, 0.15) is 15.9 Å². The van der Waals surface area contributed by atoms with Gasteiger partial charge in [0.2, 0.25) is 0 Å². The lowest BCUT2D eigenvalue weighted by molar-refractivity contribution is 0.102. The van der Waals surface area contributed by atoms with E-state index in [-0.39, 0.29) is 5.91 Å². The highest BCUT2D eigenvalue weighted by Gasteiger charge is 2.07. The highest BCUT2D eigenvalue weighted by Crippen LogP contribution is 2.23. The summed E-state index contributed by atoms with van der Waals surface area (Å²) in [5.74, 6) is 3.35. The molecule has 116 valence electrons. The monoisotopic (exact) mass is 315 g/mol. The van der Waals surface area contributed by atoms with Gasteiger partial charge in [-0.1, -0.05) is 18.1 Å². The molecule has 1 N–H and O–H groups in total. The van der Waals surface area contributed by atoms with Gasteiger partial charge in [0.1, 0.15) is 12.1 Å². The summed E-state index contributed by atoms with van der Waals surface area (Å²) in [4.78, 5) is 20.1. The van der Waals surface area contributed by atoms with Crippen LogP contribution >= 0.6 is 0 Å². The number of anilines is 1. The summed E-state index contributed by atoms with van der Waals surface area (Å²) in [5.41, 5.74) is 1.76. The molecule has 0 radical (unpaired) electrons. The molecular weight excluding hydrogens is 302 g/mol. The maximum atomic E-state index is 12.3. The third kappa shape index (κ3) is 3.76. The van der Waals surface area contributed by atoms with Gasteiger partial charge in [-0.05, 0) is 30.3 Å². The third-order valence-corrected chi connectivity index (χ3v) is 3.16. The van der Waals surface area contributed by atoms with E-state index in [0.29, 0.717) is 28.3 Å². The van der Waals surface area contributed by atoms with Crippen LogP contribution in [0.2, 0.25) is 0 Å². The van der Waals surface area contributed by atoms with Gasteiger partial charge in [0.05, 0.1) is 12.4 Å². The van der Waals surface area contributed by atoms with Gasteiger partial charge in [0.15, 0.2) is 5.75 Å². The molecule has 1 aromatic heterocycles. The number of nitrogens with one attached hydrogen (secondary N) is 1. The topological polar surface area (TPSA) is 64.1 Å². The van der Waals surface area contributed by atoms with Crippen molar-refractivity contribution in [3.63, 3.8) is 0 Å². The Balaban J connectivity index is 1.74. The quantitative estimate of drug-likeness (QED) is 0.748. The second-order valence-electron chi connectivity index (χ2n) is 4.88. The highest BCUT2D eigenvalue weighted by molar-refractivity contribution is 6.04. The maximum absolute atomic E-state index is 12.3. The van der Waals surface area contributed by atoms with E-state index in [2.05, 4.69) is 21.2 Å². The first-order chi connectivity index (χ1) is 11.7. The lowest BCUT2D eigenvalue weighted by Crippen LogP contribution is -2.11. The van der Waals surface area contributed by atoms with Crippen LogP contribution < -0.4 is 10.1 Å². The van der Waals surface area contributed by atoms with Crippen molar-refractivity contribution >= 4 is 11.6 Å². The lowest BCUT2D eigenvalue weighted by Gasteiger charge is -2.09. The van der Waals surface area contributed by atoms with E-state index >= 15 is 0 Å². The zero-order valence-electron chi connectivity index (χ0n) is 12.6. The number of nitrogens with zero attached hydrogens (tertiary/aromatic N) is 2. The van der Waals surface area contributed by atoms with E-state index in [1.54, 1.807) is 60.9 Å². The molecule has 0 aliphatic carbocycles. The Kier molecular flexibility index (Phi) is 4.50. The van der Waals surface area contributed by atoms with Crippen molar-refractivity contribution < 1.29 is 9.53 Å². The Morgan fingerprint density at radius 1 is 1.04 bits per heavy atom. The van der Waals surface area contributed by atoms with Gasteiger partial charge >= 0.3 is 0 Å². The summed E-state index contributed by atoms with van der Waals surface area (Å²) in [5, 5.41) is 2.82. The van der Waals surface area contributed by atoms with E-state index in [1.165, 1.54) is 6.33 Å². The highest BCUT2D eigenvalue weighted by atomic mass is 16.5. The Morgan fingerprint density at radius 2 is 1.83 bits per heavy atom. The minimum absolute atomic E-state index is 0.243. The van der Waals surface area contributed by atoms with Gasteiger partial charge in [-0.3, -0.25) is 4.79 Å². The lowest BCUT2D eigenvalue weighted by atomic mass is 10.1. The zero-order chi connectivity index (χ0) is 16.8. The summed E-state index contributed by atoms with van der Waals surface area (Å²) >= 11 is 0. The molecule has 0 atom stereocenters. The maximum Gasteiger partial charge on any atom is 0.255 e. The summed E-state index contributed by atoms with van der Waals surface area (Å²) in [6, 6.07) is 13.9. The van der Waals surface area contributed by atoms with Crippen molar-refractivity contribution in [3.05, 3.63) is 78.4 Å². The van der Waals surface area contributed by atoms with Gasteiger partial charge in [-0.15, -0.1) is 6.42 Å². The van der Waals surface area contributed by atoms with Crippen molar-refractivity contribution in [2.24, 2.45) is 0 Å². The summed E-state index contributed by atoms with van der Waals surface area (Å²) in [7, 11) is 0. The van der Waals surface area contributed by atoms with Crippen LogP contribution in [0.5, 0.6) is 11.5 Å². The molecule has 3 aromatic rings. The fraction of sp³-hybridized carbons (Fsp3) is 0. The number of hydrogen-bond donors (Lipinski definition) is 1. The average molecular weight is 315 g/mol. The molecule has 2 aromatic carbocycles. The fourth-order valence-corrected chi connectivity index (χ4v) is 2.07. The Morgan fingerprint density at radius 3 is 2.62 bits per heavy atom. The molecule has 24 heavy (non-hydrogen) atoms. The van der Waals surface area contributed by atoms with Crippen LogP contribution in [0.4, 0.5) is 5.69 Å². The van der Waals surface area contributed by atoms with Crippen LogP contribution in [-0.4, -0.2) is 15.9 Å². The summed E-state index contributed by atoms with van der Waals surface area (Å²) in [6.07, 6.45) is 9.90. The number of benzene rings is 2. The molecule has 0 saturated heterocycles. The smallest absolute Gasteiger partial charge is 0.255 e.